The first-order chi connectivity index (χ1) is 14.6. The molecule has 0 aliphatic carbocycles. The number of hydrogen-bond acceptors (Lipinski definition) is 3. The van der Waals surface area contributed by atoms with E-state index in [9.17, 15) is 0 Å². The third-order valence-electron chi connectivity index (χ3n) is 5.66. The van der Waals surface area contributed by atoms with Crippen LogP contribution in [0.2, 0.25) is 0 Å². The molecule has 0 aromatic rings. The van der Waals surface area contributed by atoms with Crippen molar-refractivity contribution >= 4 is 0 Å². The molecule has 3 nitrogen and oxygen atoms in total. The highest BCUT2D eigenvalue weighted by Gasteiger charge is 2.30. The maximum absolute atomic E-state index is 8.87. The lowest BCUT2D eigenvalue weighted by molar-refractivity contribution is -0.167. The second-order valence-electron chi connectivity index (χ2n) is 11.4. The molecule has 0 saturated heterocycles. The molecule has 0 heterocycles. The first kappa shape index (κ1) is 30.9. The number of aliphatic hydroxyl groups is 1. The molecule has 2 unspecified atom stereocenters. The summed E-state index contributed by atoms with van der Waals surface area (Å²) < 4.78 is 13.1. The zero-order valence-corrected chi connectivity index (χ0v) is 22.4. The Bertz CT molecular complexity index is 381. The van der Waals surface area contributed by atoms with Gasteiger partial charge in [0.1, 0.15) is 0 Å². The smallest absolute Gasteiger partial charge is 0.0844 e. The van der Waals surface area contributed by atoms with Crippen molar-refractivity contribution in [2.24, 2.45) is 0 Å². The molecule has 0 aliphatic rings. The molecule has 0 saturated carbocycles. The largest absolute Gasteiger partial charge is 0.396 e. The van der Waals surface area contributed by atoms with Crippen LogP contribution in [0.15, 0.2) is 0 Å². The minimum atomic E-state index is -0.141. The molecular formula is C28H58O3. The lowest BCUT2D eigenvalue weighted by atomic mass is 9.97. The normalized spacial score (nSPS) is 14.7. The monoisotopic (exact) mass is 442 g/mol. The summed E-state index contributed by atoms with van der Waals surface area (Å²) in [5, 5.41) is 8.87. The van der Waals surface area contributed by atoms with Gasteiger partial charge in [0.25, 0.3) is 0 Å². The molecular weight excluding hydrogens is 384 g/mol. The molecule has 0 aromatic heterocycles. The summed E-state index contributed by atoms with van der Waals surface area (Å²) in [7, 11) is 0. The van der Waals surface area contributed by atoms with Crippen molar-refractivity contribution in [3.8, 4) is 0 Å². The summed E-state index contributed by atoms with van der Waals surface area (Å²) in [5.74, 6) is 0. The van der Waals surface area contributed by atoms with Crippen LogP contribution in [0, 0.1) is 0 Å². The number of unbranched alkanes of at least 4 members (excludes halogenated alkanes) is 12. The minimum absolute atomic E-state index is 0.138. The summed E-state index contributed by atoms with van der Waals surface area (Å²) in [4.78, 5) is 0. The number of hydrogen-bond donors (Lipinski definition) is 1. The molecule has 0 radical (unpaired) electrons. The molecule has 0 spiro atoms. The van der Waals surface area contributed by atoms with Crippen LogP contribution in [-0.2, 0) is 9.47 Å². The van der Waals surface area contributed by atoms with E-state index in [1.54, 1.807) is 0 Å². The van der Waals surface area contributed by atoms with Crippen LogP contribution in [0.3, 0.4) is 0 Å². The van der Waals surface area contributed by atoms with Gasteiger partial charge < -0.3 is 14.6 Å². The lowest BCUT2D eigenvalue weighted by Gasteiger charge is -2.37. The van der Waals surface area contributed by atoms with Gasteiger partial charge in [-0.25, -0.2) is 0 Å². The molecule has 3 heteroatoms. The van der Waals surface area contributed by atoms with Crippen LogP contribution in [0.1, 0.15) is 151 Å². The number of ether oxygens (including phenoxy) is 2. The number of aliphatic hydroxyl groups excluding tert-OH is 1. The Morgan fingerprint density at radius 1 is 0.516 bits per heavy atom. The van der Waals surface area contributed by atoms with E-state index in [1.165, 1.54) is 83.5 Å². The van der Waals surface area contributed by atoms with E-state index in [2.05, 4.69) is 48.5 Å². The van der Waals surface area contributed by atoms with Crippen molar-refractivity contribution in [2.75, 3.05) is 6.61 Å². The van der Waals surface area contributed by atoms with Gasteiger partial charge >= 0.3 is 0 Å². The summed E-state index contributed by atoms with van der Waals surface area (Å²) in [6.07, 6.45) is 20.3. The van der Waals surface area contributed by atoms with Crippen molar-refractivity contribution < 1.29 is 14.6 Å². The zero-order valence-electron chi connectivity index (χ0n) is 22.4. The lowest BCUT2D eigenvalue weighted by Crippen LogP contribution is -2.41. The highest BCUT2D eigenvalue weighted by molar-refractivity contribution is 4.78. The molecule has 0 fully saturated rings. The van der Waals surface area contributed by atoms with E-state index < -0.39 is 0 Å². The van der Waals surface area contributed by atoms with Gasteiger partial charge in [-0.1, -0.05) is 90.4 Å². The fourth-order valence-corrected chi connectivity index (χ4v) is 4.19. The average molecular weight is 443 g/mol. The van der Waals surface area contributed by atoms with E-state index in [1.807, 2.05) is 0 Å². The van der Waals surface area contributed by atoms with E-state index >= 15 is 0 Å². The zero-order chi connectivity index (χ0) is 23.6. The molecule has 0 amide bonds. The van der Waals surface area contributed by atoms with Gasteiger partial charge in [-0.3, -0.25) is 0 Å². The maximum atomic E-state index is 8.87. The van der Waals surface area contributed by atoms with Gasteiger partial charge in [0.05, 0.1) is 23.4 Å². The van der Waals surface area contributed by atoms with E-state index in [0.717, 1.165) is 19.3 Å². The van der Waals surface area contributed by atoms with Crippen molar-refractivity contribution in [3.63, 3.8) is 0 Å². The molecule has 0 rings (SSSR count). The van der Waals surface area contributed by atoms with Crippen LogP contribution < -0.4 is 0 Å². The van der Waals surface area contributed by atoms with Gasteiger partial charge in [-0.05, 0) is 60.8 Å². The van der Waals surface area contributed by atoms with E-state index in [4.69, 9.17) is 14.6 Å². The molecule has 0 bridgehead atoms. The maximum Gasteiger partial charge on any atom is 0.0844 e. The molecule has 0 aromatic carbocycles. The van der Waals surface area contributed by atoms with E-state index in [-0.39, 0.29) is 23.4 Å². The Hall–Kier alpha value is -0.120. The van der Waals surface area contributed by atoms with Crippen LogP contribution >= 0.6 is 0 Å². The predicted molar refractivity (Wildman–Crippen MR) is 136 cm³/mol. The van der Waals surface area contributed by atoms with Gasteiger partial charge in [0.15, 0.2) is 0 Å². The Balaban J connectivity index is 4.59. The summed E-state index contributed by atoms with van der Waals surface area (Å²) in [5.41, 5.74) is -0.279. The highest BCUT2D eigenvalue weighted by Crippen LogP contribution is 2.27. The van der Waals surface area contributed by atoms with Gasteiger partial charge in [0, 0.05) is 6.61 Å². The Morgan fingerprint density at radius 3 is 1.16 bits per heavy atom. The summed E-state index contributed by atoms with van der Waals surface area (Å²) in [6.45, 7) is 15.6. The second-order valence-corrected chi connectivity index (χ2v) is 11.4. The van der Waals surface area contributed by atoms with Crippen LogP contribution in [-0.4, -0.2) is 35.1 Å². The van der Waals surface area contributed by atoms with Crippen LogP contribution in [0.4, 0.5) is 0 Å². The minimum Gasteiger partial charge on any atom is -0.396 e. The third-order valence-corrected chi connectivity index (χ3v) is 5.66. The Labute approximate surface area is 196 Å². The third kappa shape index (κ3) is 21.5. The van der Waals surface area contributed by atoms with Gasteiger partial charge in [-0.2, -0.15) is 0 Å². The predicted octanol–water partition coefficient (Wildman–Crippen LogP) is 8.61. The molecule has 1 N–H and O–H groups in total. The van der Waals surface area contributed by atoms with Crippen LogP contribution in [0.25, 0.3) is 0 Å². The summed E-state index contributed by atoms with van der Waals surface area (Å²) in [6, 6.07) is 0. The second kappa shape index (κ2) is 18.3. The first-order valence-electron chi connectivity index (χ1n) is 13.6. The van der Waals surface area contributed by atoms with E-state index in [0.29, 0.717) is 6.61 Å². The topological polar surface area (TPSA) is 38.7 Å². The fourth-order valence-electron chi connectivity index (χ4n) is 4.19. The SMILES string of the molecule is CCCCCCCCC(OC(C)(C)C)C(CCCCCCCCCCO)OC(C)(C)C. The molecule has 31 heavy (non-hydrogen) atoms. The Kier molecular flexibility index (Phi) is 18.3. The van der Waals surface area contributed by atoms with Crippen molar-refractivity contribution in [1.29, 1.82) is 0 Å². The Morgan fingerprint density at radius 2 is 0.839 bits per heavy atom. The standard InChI is InChI=1S/C28H58O3/c1-8-9-10-11-16-19-22-25(30-27(2,3)4)26(31-28(5,6)7)23-20-17-14-12-13-15-18-21-24-29/h25-26,29H,8-24H2,1-7H3. The molecule has 2 atom stereocenters. The van der Waals surface area contributed by atoms with Crippen molar-refractivity contribution in [3.05, 3.63) is 0 Å². The van der Waals surface area contributed by atoms with Gasteiger partial charge in [0.2, 0.25) is 0 Å². The van der Waals surface area contributed by atoms with Crippen molar-refractivity contribution in [1.82, 2.24) is 0 Å². The van der Waals surface area contributed by atoms with Gasteiger partial charge in [-0.15, -0.1) is 0 Å². The first-order valence-corrected chi connectivity index (χ1v) is 13.6. The van der Waals surface area contributed by atoms with Crippen LogP contribution in [0.5, 0.6) is 0 Å². The number of rotatable bonds is 20. The quantitative estimate of drug-likeness (QED) is 0.192. The highest BCUT2D eigenvalue weighted by atomic mass is 16.6. The molecule has 0 aliphatic heterocycles. The molecule has 188 valence electrons. The average Bonchev–Trinajstić information content (AvgIpc) is 2.65. The summed E-state index contributed by atoms with van der Waals surface area (Å²) >= 11 is 0. The fraction of sp³-hybridized carbons (Fsp3) is 1.00. The van der Waals surface area contributed by atoms with Crippen molar-refractivity contribution in [2.45, 2.75) is 175 Å².